The number of carbonyl (C=O) groups is 3. The van der Waals surface area contributed by atoms with Crippen molar-refractivity contribution in [2.75, 3.05) is 43.2 Å². The largest absolute Gasteiger partial charge is 0.379 e. The monoisotopic (exact) mass is 495 g/mol. The first kappa shape index (κ1) is 25.8. The first-order valence-electron chi connectivity index (χ1n) is 12.5. The maximum atomic E-state index is 13.8. The number of anilines is 2. The maximum absolute atomic E-state index is 13.8. The average molecular weight is 496 g/mol. The van der Waals surface area contributed by atoms with Crippen molar-refractivity contribution < 1.29 is 23.5 Å². The van der Waals surface area contributed by atoms with Gasteiger partial charge in [-0.15, -0.1) is 0 Å². The van der Waals surface area contributed by atoms with Crippen LogP contribution in [-0.4, -0.2) is 62.0 Å². The topological polar surface area (TPSA) is 70.2 Å². The number of rotatable bonds is 6. The molecule has 36 heavy (non-hydrogen) atoms. The Hall–Kier alpha value is -3.26. The minimum Gasteiger partial charge on any atom is -0.379 e. The number of benzene rings is 2. The van der Waals surface area contributed by atoms with Gasteiger partial charge in [-0.1, -0.05) is 18.2 Å². The number of urea groups is 1. The molecule has 3 amide bonds. The Labute approximate surface area is 211 Å². The van der Waals surface area contributed by atoms with Crippen molar-refractivity contribution in [3.05, 3.63) is 60.4 Å². The van der Waals surface area contributed by atoms with Gasteiger partial charge in [-0.25, -0.2) is 9.18 Å². The van der Waals surface area contributed by atoms with Crippen LogP contribution in [0.1, 0.15) is 39.0 Å². The normalized spacial score (nSPS) is 19.4. The number of carbonyl (C=O) groups excluding carboxylic acids is 3. The van der Waals surface area contributed by atoms with Crippen molar-refractivity contribution in [2.24, 2.45) is 5.41 Å². The van der Waals surface area contributed by atoms with Crippen LogP contribution >= 0.6 is 0 Å². The molecule has 2 fully saturated rings. The van der Waals surface area contributed by atoms with Gasteiger partial charge >= 0.3 is 6.03 Å². The van der Waals surface area contributed by atoms with Crippen molar-refractivity contribution in [3.63, 3.8) is 0 Å². The maximum Gasteiger partial charge on any atom is 0.324 e. The molecular formula is C28H34FN3O4. The minimum absolute atomic E-state index is 0.0252. The molecule has 0 radical (unpaired) electrons. The number of nitrogens with zero attached hydrogens (tertiary/aromatic N) is 3. The molecule has 8 heteroatoms. The Morgan fingerprint density at radius 1 is 1.03 bits per heavy atom. The number of likely N-dealkylation sites (tertiary alicyclic amines) is 1. The molecule has 0 N–H and O–H groups in total. The third kappa shape index (κ3) is 5.59. The molecule has 2 heterocycles. The molecule has 0 saturated carbocycles. The van der Waals surface area contributed by atoms with Gasteiger partial charge in [0.05, 0.1) is 12.6 Å². The van der Waals surface area contributed by atoms with E-state index in [1.54, 1.807) is 31.0 Å². The Morgan fingerprint density at radius 3 is 2.28 bits per heavy atom. The number of ether oxygens (including phenoxy) is 1. The van der Waals surface area contributed by atoms with Gasteiger partial charge in [0, 0.05) is 50.0 Å². The summed E-state index contributed by atoms with van der Waals surface area (Å²) in [5.74, 6) is -0.476. The summed E-state index contributed by atoms with van der Waals surface area (Å²) in [6.45, 7) is 3.46. The quantitative estimate of drug-likeness (QED) is 0.585. The number of amides is 3. The molecule has 2 aliphatic heterocycles. The van der Waals surface area contributed by atoms with Crippen LogP contribution in [0.3, 0.4) is 0 Å². The molecule has 4 rings (SSSR count). The molecule has 1 unspecified atom stereocenters. The molecule has 0 aliphatic carbocycles. The van der Waals surface area contributed by atoms with E-state index >= 15 is 0 Å². The fraction of sp³-hybridized carbons (Fsp3) is 0.464. The van der Waals surface area contributed by atoms with Crippen molar-refractivity contribution in [3.8, 4) is 0 Å². The SMILES string of the molecule is CC(=O)C1(CC(=O)N(c2ccccc2)C2CCCOC2)CCN(C(=O)N(C)c2ccc(F)cc2)CC1. The van der Waals surface area contributed by atoms with Crippen LogP contribution in [0.15, 0.2) is 54.6 Å². The average Bonchev–Trinajstić information content (AvgIpc) is 2.90. The number of para-hydroxylation sites is 1. The van der Waals surface area contributed by atoms with Crippen LogP contribution in [0.5, 0.6) is 0 Å². The van der Waals surface area contributed by atoms with Gasteiger partial charge in [-0.05, 0) is 69.0 Å². The van der Waals surface area contributed by atoms with E-state index in [4.69, 9.17) is 4.74 Å². The molecule has 7 nitrogen and oxygen atoms in total. The van der Waals surface area contributed by atoms with E-state index in [-0.39, 0.29) is 36.0 Å². The summed E-state index contributed by atoms with van der Waals surface area (Å²) in [4.78, 5) is 44.7. The minimum atomic E-state index is -0.815. The van der Waals surface area contributed by atoms with Crippen LogP contribution in [0.25, 0.3) is 0 Å². The summed E-state index contributed by atoms with van der Waals surface area (Å²) in [5, 5.41) is 0. The van der Waals surface area contributed by atoms with Gasteiger partial charge in [-0.2, -0.15) is 0 Å². The van der Waals surface area contributed by atoms with Crippen molar-refractivity contribution in [1.29, 1.82) is 0 Å². The van der Waals surface area contributed by atoms with Crippen LogP contribution in [-0.2, 0) is 14.3 Å². The zero-order valence-corrected chi connectivity index (χ0v) is 21.0. The zero-order valence-electron chi connectivity index (χ0n) is 21.0. The van der Waals surface area contributed by atoms with Gasteiger partial charge in [0.2, 0.25) is 5.91 Å². The molecule has 2 aliphatic rings. The first-order chi connectivity index (χ1) is 17.3. The number of piperidine rings is 1. The molecule has 0 aromatic heterocycles. The van der Waals surface area contributed by atoms with E-state index in [1.165, 1.54) is 17.0 Å². The first-order valence-corrected chi connectivity index (χ1v) is 12.5. The summed E-state index contributed by atoms with van der Waals surface area (Å²) < 4.78 is 18.9. The summed E-state index contributed by atoms with van der Waals surface area (Å²) in [6.07, 6.45) is 2.68. The van der Waals surface area contributed by atoms with Gasteiger partial charge < -0.3 is 14.5 Å². The highest BCUT2D eigenvalue weighted by molar-refractivity contribution is 5.98. The van der Waals surface area contributed by atoms with Crippen LogP contribution in [0.2, 0.25) is 0 Å². The van der Waals surface area contributed by atoms with Crippen molar-refractivity contribution in [1.82, 2.24) is 4.90 Å². The lowest BCUT2D eigenvalue weighted by Gasteiger charge is -2.42. The van der Waals surface area contributed by atoms with Crippen LogP contribution in [0.4, 0.5) is 20.6 Å². The van der Waals surface area contributed by atoms with E-state index in [0.29, 0.717) is 44.8 Å². The van der Waals surface area contributed by atoms with Crippen molar-refractivity contribution >= 4 is 29.1 Å². The van der Waals surface area contributed by atoms with Gasteiger partial charge in [0.25, 0.3) is 0 Å². The second-order valence-electron chi connectivity index (χ2n) is 9.79. The molecule has 2 saturated heterocycles. The lowest BCUT2D eigenvalue weighted by Crippen LogP contribution is -2.52. The fourth-order valence-corrected chi connectivity index (χ4v) is 5.22. The summed E-state index contributed by atoms with van der Waals surface area (Å²) in [6, 6.07) is 15.0. The third-order valence-corrected chi connectivity index (χ3v) is 7.53. The molecule has 2 aromatic carbocycles. The lowest BCUT2D eigenvalue weighted by atomic mass is 9.72. The van der Waals surface area contributed by atoms with Gasteiger partial charge in [0.1, 0.15) is 11.6 Å². The summed E-state index contributed by atoms with van der Waals surface area (Å²) in [5.41, 5.74) is 0.587. The molecule has 192 valence electrons. The summed E-state index contributed by atoms with van der Waals surface area (Å²) in [7, 11) is 1.65. The fourth-order valence-electron chi connectivity index (χ4n) is 5.22. The number of hydrogen-bond donors (Lipinski definition) is 0. The second kappa shape index (κ2) is 11.2. The number of Topliss-reactive ketones (excluding diaryl/α,β-unsaturated/α-hetero) is 1. The predicted molar refractivity (Wildman–Crippen MR) is 137 cm³/mol. The second-order valence-corrected chi connectivity index (χ2v) is 9.79. The Morgan fingerprint density at radius 2 is 1.69 bits per heavy atom. The van der Waals surface area contributed by atoms with Gasteiger partial charge in [-0.3, -0.25) is 14.5 Å². The van der Waals surface area contributed by atoms with Crippen LogP contribution in [0, 0.1) is 11.2 Å². The Balaban J connectivity index is 1.47. The third-order valence-electron chi connectivity index (χ3n) is 7.53. The van der Waals surface area contributed by atoms with Crippen LogP contribution < -0.4 is 9.80 Å². The smallest absolute Gasteiger partial charge is 0.324 e. The molecular weight excluding hydrogens is 461 g/mol. The molecule has 1 atom stereocenters. The molecule has 2 aromatic rings. The van der Waals surface area contributed by atoms with E-state index in [9.17, 15) is 18.8 Å². The number of hydrogen-bond acceptors (Lipinski definition) is 4. The molecule has 0 spiro atoms. The Kier molecular flexibility index (Phi) is 8.04. The van der Waals surface area contributed by atoms with Crippen molar-refractivity contribution in [2.45, 2.75) is 45.1 Å². The highest BCUT2D eigenvalue weighted by atomic mass is 19.1. The van der Waals surface area contributed by atoms with E-state index in [0.717, 1.165) is 18.5 Å². The highest BCUT2D eigenvalue weighted by Gasteiger charge is 2.44. The van der Waals surface area contributed by atoms with Gasteiger partial charge in [0.15, 0.2) is 0 Å². The highest BCUT2D eigenvalue weighted by Crippen LogP contribution is 2.38. The zero-order chi connectivity index (χ0) is 25.7. The predicted octanol–water partition coefficient (Wildman–Crippen LogP) is 4.66. The molecule has 0 bridgehead atoms. The lowest BCUT2D eigenvalue weighted by molar-refractivity contribution is -0.135. The number of ketones is 1. The Bertz CT molecular complexity index is 1060. The van der Waals surface area contributed by atoms with E-state index in [2.05, 4.69) is 0 Å². The standard InChI is InChI=1S/C28H34FN3O4/c1-21(33)28(14-16-31(17-15-28)27(35)30(2)23-12-10-22(29)11-13-23)19-26(34)32(24-7-4-3-5-8-24)25-9-6-18-36-20-25/h3-5,7-8,10-13,25H,6,9,14-20H2,1-2H3. The summed E-state index contributed by atoms with van der Waals surface area (Å²) >= 11 is 0. The van der Waals surface area contributed by atoms with E-state index in [1.807, 2.05) is 35.2 Å². The van der Waals surface area contributed by atoms with E-state index < -0.39 is 5.41 Å². The number of halogens is 1.